The highest BCUT2D eigenvalue weighted by atomic mass is 14.9. The molecule has 12 heavy (non-hydrogen) atoms. The third-order valence-corrected chi connectivity index (χ3v) is 3.58. The van der Waals surface area contributed by atoms with Gasteiger partial charge in [0.2, 0.25) is 0 Å². The Kier molecular flexibility index (Phi) is 2.22. The second kappa shape index (κ2) is 3.21. The maximum Gasteiger partial charge on any atom is 0.0281 e. The van der Waals surface area contributed by atoms with Gasteiger partial charge in [-0.3, -0.25) is 0 Å². The zero-order valence-electron chi connectivity index (χ0n) is 7.92. The van der Waals surface area contributed by atoms with Crippen LogP contribution in [0.25, 0.3) is 0 Å². The van der Waals surface area contributed by atoms with Gasteiger partial charge in [0.15, 0.2) is 0 Å². The predicted octanol–water partition coefficient (Wildman–Crippen LogP) is 2.20. The number of hydrogen-bond donors (Lipinski definition) is 1. The fourth-order valence-electron chi connectivity index (χ4n) is 3.02. The van der Waals surface area contributed by atoms with Crippen LogP contribution in [0.3, 0.4) is 0 Å². The van der Waals surface area contributed by atoms with Crippen LogP contribution in [0.1, 0.15) is 26.2 Å². The van der Waals surface area contributed by atoms with Gasteiger partial charge >= 0.3 is 0 Å². The highest BCUT2D eigenvalue weighted by Crippen LogP contribution is 2.59. The van der Waals surface area contributed by atoms with Crippen LogP contribution in [0.2, 0.25) is 0 Å². The molecule has 3 unspecified atom stereocenters. The molecule has 1 N–H and O–H groups in total. The van der Waals surface area contributed by atoms with Crippen LogP contribution < -0.4 is 5.32 Å². The van der Waals surface area contributed by atoms with Crippen LogP contribution in [0.5, 0.6) is 0 Å². The molecule has 1 heteroatoms. The molecule has 0 aromatic heterocycles. The lowest BCUT2D eigenvalue weighted by molar-refractivity contribution is 0.473. The molecule has 0 heterocycles. The molecule has 2 aliphatic carbocycles. The van der Waals surface area contributed by atoms with E-state index in [1.807, 2.05) is 0 Å². The third-order valence-electron chi connectivity index (χ3n) is 3.58. The molecule has 3 atom stereocenters. The number of hydrogen-bond acceptors (Lipinski definition) is 1. The number of likely N-dealkylation sites (N-methyl/N-ethyl adjacent to an activating group) is 1. The Morgan fingerprint density at radius 2 is 2.17 bits per heavy atom. The Bertz CT molecular complexity index is 166. The van der Waals surface area contributed by atoms with E-state index < -0.39 is 0 Å². The molecule has 2 saturated carbocycles. The molecule has 0 amide bonds. The van der Waals surface area contributed by atoms with E-state index >= 15 is 0 Å². The molecule has 1 nitrogen and oxygen atoms in total. The van der Waals surface area contributed by atoms with Gasteiger partial charge < -0.3 is 5.32 Å². The van der Waals surface area contributed by atoms with Gasteiger partial charge in [-0.05, 0) is 37.1 Å². The SMILES string of the molecule is C=CC(NCC)C1C2CCCC21. The summed E-state index contributed by atoms with van der Waals surface area (Å²) in [6, 6.07) is 0.602. The van der Waals surface area contributed by atoms with Crippen LogP contribution in [-0.2, 0) is 0 Å². The minimum absolute atomic E-state index is 0.602. The Morgan fingerprint density at radius 1 is 1.50 bits per heavy atom. The smallest absolute Gasteiger partial charge is 0.0281 e. The maximum absolute atomic E-state index is 3.91. The zero-order chi connectivity index (χ0) is 8.55. The summed E-state index contributed by atoms with van der Waals surface area (Å²) in [6.07, 6.45) is 6.53. The van der Waals surface area contributed by atoms with Crippen LogP contribution in [0.4, 0.5) is 0 Å². The number of fused-ring (bicyclic) bond motifs is 1. The normalized spacial score (nSPS) is 40.6. The molecule has 0 saturated heterocycles. The summed E-state index contributed by atoms with van der Waals surface area (Å²) >= 11 is 0. The maximum atomic E-state index is 3.91. The molecule has 2 fully saturated rings. The van der Waals surface area contributed by atoms with Gasteiger partial charge in [-0.2, -0.15) is 0 Å². The summed E-state index contributed by atoms with van der Waals surface area (Å²) in [4.78, 5) is 0. The quantitative estimate of drug-likeness (QED) is 0.630. The summed E-state index contributed by atoms with van der Waals surface area (Å²) in [5.74, 6) is 3.04. The van der Waals surface area contributed by atoms with Gasteiger partial charge in [0.1, 0.15) is 0 Å². The van der Waals surface area contributed by atoms with E-state index in [4.69, 9.17) is 0 Å². The molecule has 0 aliphatic heterocycles. The standard InChI is InChI=1S/C11H19N/c1-3-10(12-4-2)11-8-6-5-7-9(8)11/h3,8-12H,1,4-7H2,2H3. The summed E-state index contributed by atoms with van der Waals surface area (Å²) in [5.41, 5.74) is 0. The lowest BCUT2D eigenvalue weighted by atomic mass is 10.0. The van der Waals surface area contributed by atoms with Gasteiger partial charge in [-0.15, -0.1) is 6.58 Å². The average Bonchev–Trinajstić information content (AvgIpc) is 2.59. The van der Waals surface area contributed by atoms with E-state index in [2.05, 4.69) is 24.9 Å². The van der Waals surface area contributed by atoms with Crippen molar-refractivity contribution >= 4 is 0 Å². The molecule has 0 radical (unpaired) electrons. The topological polar surface area (TPSA) is 12.0 Å². The van der Waals surface area contributed by atoms with Crippen molar-refractivity contribution in [1.29, 1.82) is 0 Å². The molecule has 2 aliphatic rings. The second-order valence-electron chi connectivity index (χ2n) is 4.16. The first kappa shape index (κ1) is 8.31. The van der Waals surface area contributed by atoms with E-state index in [0.717, 1.165) is 24.3 Å². The van der Waals surface area contributed by atoms with Crippen molar-refractivity contribution in [2.75, 3.05) is 6.54 Å². The van der Waals surface area contributed by atoms with Crippen LogP contribution in [0, 0.1) is 17.8 Å². The van der Waals surface area contributed by atoms with Gasteiger partial charge in [0.25, 0.3) is 0 Å². The minimum atomic E-state index is 0.602. The number of nitrogens with one attached hydrogen (secondary N) is 1. The molecule has 0 aromatic rings. The van der Waals surface area contributed by atoms with Crippen molar-refractivity contribution < 1.29 is 0 Å². The fourth-order valence-corrected chi connectivity index (χ4v) is 3.02. The van der Waals surface area contributed by atoms with E-state index in [0.29, 0.717) is 6.04 Å². The van der Waals surface area contributed by atoms with Gasteiger partial charge in [-0.1, -0.05) is 19.4 Å². The van der Waals surface area contributed by atoms with Crippen molar-refractivity contribution in [3.63, 3.8) is 0 Å². The van der Waals surface area contributed by atoms with E-state index in [1.165, 1.54) is 19.3 Å². The van der Waals surface area contributed by atoms with E-state index in [-0.39, 0.29) is 0 Å². The first-order chi connectivity index (χ1) is 5.88. The van der Waals surface area contributed by atoms with Gasteiger partial charge in [-0.25, -0.2) is 0 Å². The average molecular weight is 165 g/mol. The van der Waals surface area contributed by atoms with E-state index in [9.17, 15) is 0 Å². The largest absolute Gasteiger partial charge is 0.311 e. The highest BCUT2D eigenvalue weighted by molar-refractivity contribution is 5.10. The molecule has 0 aromatic carbocycles. The van der Waals surface area contributed by atoms with Crippen LogP contribution >= 0.6 is 0 Å². The minimum Gasteiger partial charge on any atom is -0.311 e. The van der Waals surface area contributed by atoms with Gasteiger partial charge in [0, 0.05) is 6.04 Å². The molecule has 68 valence electrons. The fraction of sp³-hybridized carbons (Fsp3) is 0.818. The Balaban J connectivity index is 1.88. The van der Waals surface area contributed by atoms with Crippen molar-refractivity contribution in [2.24, 2.45) is 17.8 Å². The van der Waals surface area contributed by atoms with Crippen LogP contribution in [-0.4, -0.2) is 12.6 Å². The molecule has 2 rings (SSSR count). The van der Waals surface area contributed by atoms with Crippen molar-refractivity contribution in [2.45, 2.75) is 32.2 Å². The van der Waals surface area contributed by atoms with Crippen molar-refractivity contribution in [3.05, 3.63) is 12.7 Å². The lowest BCUT2D eigenvalue weighted by Gasteiger charge is -2.14. The highest BCUT2D eigenvalue weighted by Gasteiger charge is 2.54. The summed E-state index contributed by atoms with van der Waals surface area (Å²) < 4.78 is 0. The molecule has 0 bridgehead atoms. The predicted molar refractivity (Wildman–Crippen MR) is 52.0 cm³/mol. The third kappa shape index (κ3) is 1.20. The van der Waals surface area contributed by atoms with Crippen LogP contribution in [0.15, 0.2) is 12.7 Å². The monoisotopic (exact) mass is 165 g/mol. The number of rotatable bonds is 4. The first-order valence-corrected chi connectivity index (χ1v) is 5.24. The summed E-state index contributed by atoms with van der Waals surface area (Å²) in [7, 11) is 0. The van der Waals surface area contributed by atoms with Gasteiger partial charge in [0.05, 0.1) is 0 Å². The Labute approximate surface area is 75.2 Å². The first-order valence-electron chi connectivity index (χ1n) is 5.24. The van der Waals surface area contributed by atoms with Crippen molar-refractivity contribution in [1.82, 2.24) is 5.32 Å². The Hall–Kier alpha value is -0.300. The van der Waals surface area contributed by atoms with E-state index in [1.54, 1.807) is 0 Å². The molecular weight excluding hydrogens is 146 g/mol. The molecular formula is C11H19N. The molecule has 0 spiro atoms. The zero-order valence-corrected chi connectivity index (χ0v) is 7.92. The summed E-state index contributed by atoms with van der Waals surface area (Å²) in [6.45, 7) is 7.16. The van der Waals surface area contributed by atoms with Crippen molar-refractivity contribution in [3.8, 4) is 0 Å². The Morgan fingerprint density at radius 3 is 2.67 bits per heavy atom. The second-order valence-corrected chi connectivity index (χ2v) is 4.16. The lowest BCUT2D eigenvalue weighted by Crippen LogP contribution is -2.30. The summed E-state index contributed by atoms with van der Waals surface area (Å²) in [5, 5.41) is 3.50.